The minimum Gasteiger partial charge on any atom is -0.481 e. The zero-order valence-corrected chi connectivity index (χ0v) is 12.4. The smallest absolute Gasteiger partial charge is 0.265 e. The normalized spacial score (nSPS) is 12.1. The van der Waals surface area contributed by atoms with Gasteiger partial charge in [0, 0.05) is 6.20 Å². The summed E-state index contributed by atoms with van der Waals surface area (Å²) in [5.74, 6) is 1.06. The van der Waals surface area contributed by atoms with E-state index in [1.807, 2.05) is 30.3 Å². The highest BCUT2D eigenvalue weighted by molar-refractivity contribution is 5.97. The molecule has 1 atom stereocenters. The highest BCUT2D eigenvalue weighted by Crippen LogP contribution is 2.16. The van der Waals surface area contributed by atoms with Crippen molar-refractivity contribution in [3.8, 4) is 5.75 Å². The van der Waals surface area contributed by atoms with Crippen LogP contribution in [0.3, 0.4) is 0 Å². The topological polar surface area (TPSA) is 68.5 Å². The van der Waals surface area contributed by atoms with Gasteiger partial charge in [-0.2, -0.15) is 5.10 Å². The molecular formula is C16H16N4O2. The van der Waals surface area contributed by atoms with E-state index in [-0.39, 0.29) is 5.91 Å². The second kappa shape index (κ2) is 5.85. The summed E-state index contributed by atoms with van der Waals surface area (Å²) >= 11 is 0. The van der Waals surface area contributed by atoms with Crippen LogP contribution in [0.2, 0.25) is 0 Å². The van der Waals surface area contributed by atoms with Crippen molar-refractivity contribution in [2.45, 2.75) is 20.0 Å². The van der Waals surface area contributed by atoms with Gasteiger partial charge in [-0.25, -0.2) is 9.50 Å². The third-order valence-corrected chi connectivity index (χ3v) is 3.15. The number of amides is 1. The van der Waals surface area contributed by atoms with Gasteiger partial charge in [-0.15, -0.1) is 0 Å². The molecule has 2 heterocycles. The number of rotatable bonds is 4. The van der Waals surface area contributed by atoms with Crippen LogP contribution in [0.5, 0.6) is 5.75 Å². The third kappa shape index (κ3) is 2.90. The molecule has 0 saturated carbocycles. The predicted molar refractivity (Wildman–Crippen MR) is 82.9 cm³/mol. The zero-order valence-electron chi connectivity index (χ0n) is 12.4. The minimum atomic E-state index is -0.619. The van der Waals surface area contributed by atoms with Crippen LogP contribution in [0.1, 0.15) is 12.7 Å². The summed E-state index contributed by atoms with van der Waals surface area (Å²) in [5.41, 5.74) is 1.22. The Bertz CT molecular complexity index is 798. The van der Waals surface area contributed by atoms with E-state index >= 15 is 0 Å². The van der Waals surface area contributed by atoms with Crippen LogP contribution in [0.25, 0.3) is 5.65 Å². The number of hydrogen-bond donors (Lipinski definition) is 1. The molecule has 3 aromatic rings. The van der Waals surface area contributed by atoms with Gasteiger partial charge >= 0.3 is 0 Å². The predicted octanol–water partition coefficient (Wildman–Crippen LogP) is 2.44. The molecule has 6 nitrogen and oxygen atoms in total. The Morgan fingerprint density at radius 2 is 2.00 bits per heavy atom. The lowest BCUT2D eigenvalue weighted by Gasteiger charge is -2.14. The van der Waals surface area contributed by atoms with Crippen molar-refractivity contribution in [3.63, 3.8) is 0 Å². The largest absolute Gasteiger partial charge is 0.481 e. The summed E-state index contributed by atoms with van der Waals surface area (Å²) < 4.78 is 7.24. The monoisotopic (exact) mass is 296 g/mol. The van der Waals surface area contributed by atoms with Gasteiger partial charge in [0.15, 0.2) is 11.8 Å². The number of ether oxygens (including phenoxy) is 1. The molecule has 112 valence electrons. The molecule has 0 aliphatic rings. The molecule has 0 spiro atoms. The number of anilines is 1. The lowest BCUT2D eigenvalue weighted by Crippen LogP contribution is -2.30. The number of pyridine rings is 1. The standard InChI is InChI=1S/C16H16N4O2/c1-11(22-13-7-4-3-5-8-13)16(21)18-14-9-6-10-20-15(14)17-12(2)19-20/h3-11H,1-2H3,(H,18,21). The van der Waals surface area contributed by atoms with Crippen molar-refractivity contribution in [1.82, 2.24) is 14.6 Å². The van der Waals surface area contributed by atoms with E-state index in [0.29, 0.717) is 22.9 Å². The van der Waals surface area contributed by atoms with Gasteiger partial charge in [-0.3, -0.25) is 4.79 Å². The lowest BCUT2D eigenvalue weighted by atomic mass is 10.3. The fourth-order valence-electron chi connectivity index (χ4n) is 2.10. The number of nitrogens with one attached hydrogen (secondary N) is 1. The van der Waals surface area contributed by atoms with Crippen LogP contribution in [0, 0.1) is 6.92 Å². The number of carbonyl (C=O) groups excluding carboxylic acids is 1. The van der Waals surface area contributed by atoms with Crippen molar-refractivity contribution in [3.05, 3.63) is 54.5 Å². The summed E-state index contributed by atoms with van der Waals surface area (Å²) in [6.07, 6.45) is 1.17. The summed E-state index contributed by atoms with van der Waals surface area (Å²) in [4.78, 5) is 16.6. The van der Waals surface area contributed by atoms with E-state index in [2.05, 4.69) is 15.4 Å². The SMILES string of the molecule is Cc1nc2c(NC(=O)C(C)Oc3ccccc3)cccn2n1. The van der Waals surface area contributed by atoms with Gasteiger partial charge in [0.05, 0.1) is 5.69 Å². The summed E-state index contributed by atoms with van der Waals surface area (Å²) in [5, 5.41) is 7.05. The molecule has 22 heavy (non-hydrogen) atoms. The van der Waals surface area contributed by atoms with E-state index in [4.69, 9.17) is 4.74 Å². The summed E-state index contributed by atoms with van der Waals surface area (Å²) in [6, 6.07) is 12.8. The van der Waals surface area contributed by atoms with Crippen molar-refractivity contribution >= 4 is 17.2 Å². The Kier molecular flexibility index (Phi) is 3.74. The maximum Gasteiger partial charge on any atom is 0.265 e. The minimum absolute atomic E-state index is 0.238. The fourth-order valence-corrected chi connectivity index (χ4v) is 2.10. The van der Waals surface area contributed by atoms with Crippen LogP contribution in [-0.2, 0) is 4.79 Å². The first-order valence-corrected chi connectivity index (χ1v) is 6.98. The lowest BCUT2D eigenvalue weighted by molar-refractivity contribution is -0.122. The van der Waals surface area contributed by atoms with E-state index in [1.165, 1.54) is 0 Å². The first-order valence-electron chi connectivity index (χ1n) is 6.98. The average molecular weight is 296 g/mol. The third-order valence-electron chi connectivity index (χ3n) is 3.15. The molecule has 1 unspecified atom stereocenters. The molecule has 1 N–H and O–H groups in total. The molecule has 0 radical (unpaired) electrons. The van der Waals surface area contributed by atoms with Crippen LogP contribution in [0.15, 0.2) is 48.7 Å². The fraction of sp³-hybridized carbons (Fsp3) is 0.188. The summed E-state index contributed by atoms with van der Waals surface area (Å²) in [6.45, 7) is 3.51. The van der Waals surface area contributed by atoms with Crippen molar-refractivity contribution in [2.75, 3.05) is 5.32 Å². The zero-order chi connectivity index (χ0) is 15.5. The van der Waals surface area contributed by atoms with Gasteiger partial charge in [0.1, 0.15) is 11.6 Å². The highest BCUT2D eigenvalue weighted by Gasteiger charge is 2.16. The Morgan fingerprint density at radius 3 is 2.77 bits per heavy atom. The number of benzene rings is 1. The number of aryl methyl sites for hydroxylation is 1. The maximum absolute atomic E-state index is 12.3. The molecular weight excluding hydrogens is 280 g/mol. The number of aromatic nitrogens is 3. The number of fused-ring (bicyclic) bond motifs is 1. The Morgan fingerprint density at radius 1 is 1.23 bits per heavy atom. The molecule has 0 aliphatic heterocycles. The van der Waals surface area contributed by atoms with Gasteiger partial charge in [-0.1, -0.05) is 18.2 Å². The van der Waals surface area contributed by atoms with Crippen molar-refractivity contribution in [1.29, 1.82) is 0 Å². The molecule has 0 fully saturated rings. The number of nitrogens with zero attached hydrogens (tertiary/aromatic N) is 3. The average Bonchev–Trinajstić information content (AvgIpc) is 2.89. The van der Waals surface area contributed by atoms with Crippen LogP contribution in [-0.4, -0.2) is 26.6 Å². The van der Waals surface area contributed by atoms with Gasteiger partial charge < -0.3 is 10.1 Å². The molecule has 3 rings (SSSR count). The van der Waals surface area contributed by atoms with Crippen LogP contribution in [0.4, 0.5) is 5.69 Å². The van der Waals surface area contributed by atoms with Gasteiger partial charge in [0.2, 0.25) is 0 Å². The summed E-state index contributed by atoms with van der Waals surface area (Å²) in [7, 11) is 0. The Balaban J connectivity index is 1.75. The molecule has 2 aromatic heterocycles. The molecule has 1 amide bonds. The van der Waals surface area contributed by atoms with E-state index in [9.17, 15) is 4.79 Å². The molecule has 1 aromatic carbocycles. The number of carbonyl (C=O) groups is 1. The van der Waals surface area contributed by atoms with Gasteiger partial charge in [0.25, 0.3) is 5.91 Å². The molecule has 6 heteroatoms. The number of hydrogen-bond acceptors (Lipinski definition) is 4. The quantitative estimate of drug-likeness (QED) is 0.803. The van der Waals surface area contributed by atoms with Crippen LogP contribution >= 0.6 is 0 Å². The first-order chi connectivity index (χ1) is 10.6. The highest BCUT2D eigenvalue weighted by atomic mass is 16.5. The Labute approximate surface area is 127 Å². The van der Waals surface area contributed by atoms with Gasteiger partial charge in [-0.05, 0) is 38.1 Å². The van der Waals surface area contributed by atoms with Crippen molar-refractivity contribution in [2.24, 2.45) is 0 Å². The second-order valence-corrected chi connectivity index (χ2v) is 4.91. The molecule has 0 aliphatic carbocycles. The second-order valence-electron chi connectivity index (χ2n) is 4.91. The van der Waals surface area contributed by atoms with E-state index in [0.717, 1.165) is 0 Å². The first kappa shape index (κ1) is 14.1. The van der Waals surface area contributed by atoms with Crippen molar-refractivity contribution < 1.29 is 9.53 Å². The van der Waals surface area contributed by atoms with Crippen LogP contribution < -0.4 is 10.1 Å². The molecule has 0 bridgehead atoms. The van der Waals surface area contributed by atoms with E-state index < -0.39 is 6.10 Å². The number of para-hydroxylation sites is 1. The van der Waals surface area contributed by atoms with E-state index in [1.54, 1.807) is 36.7 Å². The Hall–Kier alpha value is -2.89. The maximum atomic E-state index is 12.3. The molecule has 0 saturated heterocycles.